The van der Waals surface area contributed by atoms with Gasteiger partial charge in [-0.15, -0.1) is 0 Å². The molecule has 0 radical (unpaired) electrons. The number of rotatable bonds is 2. The van der Waals surface area contributed by atoms with Crippen LogP contribution in [0.3, 0.4) is 0 Å². The van der Waals surface area contributed by atoms with E-state index < -0.39 is 0 Å². The summed E-state index contributed by atoms with van der Waals surface area (Å²) in [4.78, 5) is 19.2. The first kappa shape index (κ1) is 15.0. The third-order valence-electron chi connectivity index (χ3n) is 4.24. The summed E-state index contributed by atoms with van der Waals surface area (Å²) >= 11 is 5.96. The van der Waals surface area contributed by atoms with Gasteiger partial charge in [0.2, 0.25) is 0 Å². The van der Waals surface area contributed by atoms with E-state index in [0.29, 0.717) is 5.15 Å². The van der Waals surface area contributed by atoms with E-state index in [2.05, 4.69) is 4.98 Å². The molecule has 3 rings (SSSR count). The monoisotopic (exact) mass is 314 g/mol. The van der Waals surface area contributed by atoms with Crippen molar-refractivity contribution < 1.29 is 4.79 Å². The number of hydrogen-bond acceptors (Lipinski definition) is 2. The van der Waals surface area contributed by atoms with Gasteiger partial charge in [0.25, 0.3) is 5.91 Å². The number of hydrogen-bond donors (Lipinski definition) is 0. The van der Waals surface area contributed by atoms with Gasteiger partial charge in [-0.1, -0.05) is 35.9 Å². The van der Waals surface area contributed by atoms with Crippen molar-refractivity contribution in [1.29, 1.82) is 0 Å². The van der Waals surface area contributed by atoms with Crippen LogP contribution in [0, 0.1) is 6.92 Å². The lowest BCUT2D eigenvalue weighted by molar-refractivity contribution is 0.0610. The van der Waals surface area contributed by atoms with Crippen LogP contribution in [0.1, 0.15) is 46.9 Å². The van der Waals surface area contributed by atoms with Crippen LogP contribution in [0.4, 0.5) is 0 Å². The minimum Gasteiger partial charge on any atom is -0.332 e. The minimum absolute atomic E-state index is 0.0891. The van der Waals surface area contributed by atoms with Crippen molar-refractivity contribution >= 4 is 17.5 Å². The topological polar surface area (TPSA) is 33.2 Å². The van der Waals surface area contributed by atoms with Crippen LogP contribution in [0.2, 0.25) is 5.15 Å². The molecule has 1 fully saturated rings. The lowest BCUT2D eigenvalue weighted by atomic mass is 9.93. The molecule has 1 unspecified atom stereocenters. The van der Waals surface area contributed by atoms with Gasteiger partial charge < -0.3 is 4.90 Å². The fourth-order valence-corrected chi connectivity index (χ4v) is 3.33. The largest absolute Gasteiger partial charge is 0.332 e. The molecule has 2 heterocycles. The predicted octanol–water partition coefficient (Wildman–Crippen LogP) is 4.41. The van der Waals surface area contributed by atoms with Crippen molar-refractivity contribution in [2.24, 2.45) is 0 Å². The zero-order valence-electron chi connectivity index (χ0n) is 12.6. The van der Waals surface area contributed by atoms with Crippen molar-refractivity contribution in [2.45, 2.75) is 32.2 Å². The Balaban J connectivity index is 1.93. The summed E-state index contributed by atoms with van der Waals surface area (Å²) in [6.45, 7) is 2.75. The molecule has 1 atom stereocenters. The average Bonchev–Trinajstić information content (AvgIpc) is 2.55. The Bertz CT molecular complexity index is 672. The Labute approximate surface area is 135 Å². The van der Waals surface area contributed by atoms with Gasteiger partial charge in [-0.05, 0) is 49.9 Å². The summed E-state index contributed by atoms with van der Waals surface area (Å²) in [5, 5.41) is 0.498. The molecule has 0 saturated carbocycles. The predicted molar refractivity (Wildman–Crippen MR) is 88.1 cm³/mol. The van der Waals surface area contributed by atoms with Crippen LogP contribution in [0.5, 0.6) is 0 Å². The highest BCUT2D eigenvalue weighted by atomic mass is 35.5. The Morgan fingerprint density at radius 2 is 1.95 bits per heavy atom. The number of aryl methyl sites for hydroxylation is 1. The normalized spacial score (nSPS) is 18.3. The molecule has 22 heavy (non-hydrogen) atoms. The van der Waals surface area contributed by atoms with E-state index in [4.69, 9.17) is 11.6 Å². The second-order valence-electron chi connectivity index (χ2n) is 5.68. The summed E-state index contributed by atoms with van der Waals surface area (Å²) in [5.74, 6) is 0.0969. The van der Waals surface area contributed by atoms with Crippen LogP contribution in [-0.4, -0.2) is 22.3 Å². The van der Waals surface area contributed by atoms with Gasteiger partial charge in [0.05, 0.1) is 6.04 Å². The number of amides is 1. The molecule has 0 aliphatic carbocycles. The third kappa shape index (κ3) is 3.00. The number of carbonyl (C=O) groups is 1. The fourth-order valence-electron chi connectivity index (χ4n) is 3.14. The molecule has 1 aliphatic rings. The maximum Gasteiger partial charge on any atom is 0.254 e. The SMILES string of the molecule is Cc1nc(Cl)ccc1C1CCCCN1C(=O)c1ccccc1. The van der Waals surface area contributed by atoms with Crippen molar-refractivity contribution in [3.63, 3.8) is 0 Å². The molecule has 4 heteroatoms. The third-order valence-corrected chi connectivity index (χ3v) is 4.45. The first-order chi connectivity index (χ1) is 10.7. The molecular formula is C18H19ClN2O. The summed E-state index contributed by atoms with van der Waals surface area (Å²) in [7, 11) is 0. The van der Waals surface area contributed by atoms with E-state index in [1.807, 2.05) is 54.3 Å². The summed E-state index contributed by atoms with van der Waals surface area (Å²) in [6, 6.07) is 13.4. The highest BCUT2D eigenvalue weighted by Crippen LogP contribution is 2.33. The zero-order chi connectivity index (χ0) is 15.5. The second-order valence-corrected chi connectivity index (χ2v) is 6.07. The molecule has 0 bridgehead atoms. The number of nitrogens with zero attached hydrogens (tertiary/aromatic N) is 2. The summed E-state index contributed by atoms with van der Waals surface area (Å²) in [5.41, 5.74) is 2.76. The van der Waals surface area contributed by atoms with Gasteiger partial charge in [0.1, 0.15) is 5.15 Å². The van der Waals surface area contributed by atoms with Crippen LogP contribution < -0.4 is 0 Å². The number of pyridine rings is 1. The molecule has 0 spiro atoms. The molecule has 114 valence electrons. The van der Waals surface area contributed by atoms with Crippen molar-refractivity contribution in [2.75, 3.05) is 6.54 Å². The van der Waals surface area contributed by atoms with Gasteiger partial charge in [-0.2, -0.15) is 0 Å². The van der Waals surface area contributed by atoms with Crippen LogP contribution in [-0.2, 0) is 0 Å². The van der Waals surface area contributed by atoms with Gasteiger partial charge in [-0.25, -0.2) is 4.98 Å². The molecule has 3 nitrogen and oxygen atoms in total. The van der Waals surface area contributed by atoms with E-state index in [-0.39, 0.29) is 11.9 Å². The summed E-state index contributed by atoms with van der Waals surface area (Å²) < 4.78 is 0. The van der Waals surface area contributed by atoms with E-state index in [0.717, 1.165) is 42.6 Å². The van der Waals surface area contributed by atoms with Crippen LogP contribution in [0.25, 0.3) is 0 Å². The van der Waals surface area contributed by atoms with Crippen molar-refractivity contribution in [1.82, 2.24) is 9.88 Å². The molecule has 2 aromatic rings. The Hall–Kier alpha value is -1.87. The lowest BCUT2D eigenvalue weighted by Crippen LogP contribution is -2.38. The second kappa shape index (κ2) is 6.49. The number of piperidine rings is 1. The standard InChI is InChI=1S/C18H19ClN2O/c1-13-15(10-11-17(19)20-13)16-9-5-6-12-21(16)18(22)14-7-3-2-4-8-14/h2-4,7-8,10-11,16H,5-6,9,12H2,1H3. The Kier molecular flexibility index (Phi) is 4.44. The smallest absolute Gasteiger partial charge is 0.254 e. The summed E-state index contributed by atoms with van der Waals surface area (Å²) in [6.07, 6.45) is 3.16. The van der Waals surface area contributed by atoms with Gasteiger partial charge in [0, 0.05) is 17.8 Å². The minimum atomic E-state index is 0.0891. The lowest BCUT2D eigenvalue weighted by Gasteiger charge is -2.36. The van der Waals surface area contributed by atoms with E-state index in [1.54, 1.807) is 0 Å². The van der Waals surface area contributed by atoms with E-state index in [9.17, 15) is 4.79 Å². The van der Waals surface area contributed by atoms with Crippen LogP contribution in [0.15, 0.2) is 42.5 Å². The van der Waals surface area contributed by atoms with Crippen molar-refractivity contribution in [3.8, 4) is 0 Å². The molecule has 0 N–H and O–H groups in total. The van der Waals surface area contributed by atoms with Gasteiger partial charge >= 0.3 is 0 Å². The highest BCUT2D eigenvalue weighted by Gasteiger charge is 2.29. The number of halogens is 1. The molecule has 1 aromatic carbocycles. The molecule has 1 amide bonds. The maximum absolute atomic E-state index is 12.8. The molecule has 1 saturated heterocycles. The highest BCUT2D eigenvalue weighted by molar-refractivity contribution is 6.29. The van der Waals surface area contributed by atoms with Gasteiger partial charge in [-0.3, -0.25) is 4.79 Å². The fraction of sp³-hybridized carbons (Fsp3) is 0.333. The van der Waals surface area contributed by atoms with E-state index in [1.165, 1.54) is 0 Å². The number of aromatic nitrogens is 1. The van der Waals surface area contributed by atoms with Gasteiger partial charge in [0.15, 0.2) is 0 Å². The van der Waals surface area contributed by atoms with E-state index >= 15 is 0 Å². The number of likely N-dealkylation sites (tertiary alicyclic amines) is 1. The number of benzene rings is 1. The first-order valence-electron chi connectivity index (χ1n) is 7.66. The Morgan fingerprint density at radius 1 is 1.18 bits per heavy atom. The first-order valence-corrected chi connectivity index (χ1v) is 8.03. The molecular weight excluding hydrogens is 296 g/mol. The number of carbonyl (C=O) groups excluding carboxylic acids is 1. The quantitative estimate of drug-likeness (QED) is 0.769. The zero-order valence-corrected chi connectivity index (χ0v) is 13.4. The maximum atomic E-state index is 12.8. The van der Waals surface area contributed by atoms with Crippen LogP contribution >= 0.6 is 11.6 Å². The Morgan fingerprint density at radius 3 is 2.68 bits per heavy atom. The van der Waals surface area contributed by atoms with Crippen molar-refractivity contribution in [3.05, 3.63) is 64.4 Å². The molecule has 1 aromatic heterocycles. The average molecular weight is 315 g/mol. The molecule has 1 aliphatic heterocycles.